The third-order valence-corrected chi connectivity index (χ3v) is 3.99. The molecule has 0 spiro atoms. The second kappa shape index (κ2) is 7.22. The Morgan fingerprint density at radius 3 is 2.62 bits per heavy atom. The number of anilines is 1. The van der Waals surface area contributed by atoms with E-state index in [2.05, 4.69) is 40.3 Å². The number of benzene rings is 2. The predicted molar refractivity (Wildman–Crippen MR) is 88.6 cm³/mol. The smallest absolute Gasteiger partial charge is 0.270 e. The Morgan fingerprint density at radius 2 is 1.95 bits per heavy atom. The van der Waals surface area contributed by atoms with E-state index < -0.39 is 4.92 Å². The van der Waals surface area contributed by atoms with Crippen molar-refractivity contribution < 1.29 is 4.92 Å². The maximum absolute atomic E-state index is 10.7. The minimum atomic E-state index is -0.390. The van der Waals surface area contributed by atoms with Crippen LogP contribution in [0.4, 0.5) is 11.4 Å². The fraction of sp³-hybridized carbons (Fsp3) is 0.250. The number of nitro groups is 1. The Kier molecular flexibility index (Phi) is 5.33. The minimum absolute atomic E-state index is 0.0945. The van der Waals surface area contributed by atoms with Crippen molar-refractivity contribution in [1.29, 1.82) is 0 Å². The van der Waals surface area contributed by atoms with Crippen LogP contribution in [0.25, 0.3) is 0 Å². The van der Waals surface area contributed by atoms with Gasteiger partial charge in [-0.2, -0.15) is 0 Å². The van der Waals surface area contributed by atoms with Crippen molar-refractivity contribution in [1.82, 2.24) is 0 Å². The lowest BCUT2D eigenvalue weighted by molar-refractivity contribution is -0.384. The summed E-state index contributed by atoms with van der Waals surface area (Å²) in [5.41, 5.74) is 3.49. The molecule has 1 N–H and O–H groups in total. The molecule has 0 bridgehead atoms. The molecule has 0 amide bonds. The Hall–Kier alpha value is -1.88. The van der Waals surface area contributed by atoms with Gasteiger partial charge in [0.2, 0.25) is 0 Å². The van der Waals surface area contributed by atoms with E-state index in [1.807, 2.05) is 12.1 Å². The first-order valence-corrected chi connectivity index (χ1v) is 7.65. The van der Waals surface area contributed by atoms with Gasteiger partial charge in [-0.05, 0) is 29.7 Å². The van der Waals surface area contributed by atoms with Crippen LogP contribution >= 0.6 is 15.9 Å². The third-order valence-electron chi connectivity index (χ3n) is 3.25. The molecule has 0 saturated carbocycles. The van der Waals surface area contributed by atoms with Gasteiger partial charge in [-0.25, -0.2) is 0 Å². The third kappa shape index (κ3) is 4.04. The molecular formula is C16H17BrN2O2. The molecule has 2 aromatic carbocycles. The van der Waals surface area contributed by atoms with Gasteiger partial charge in [-0.3, -0.25) is 10.1 Å². The normalized spacial score (nSPS) is 10.4. The summed E-state index contributed by atoms with van der Waals surface area (Å²) in [7, 11) is 0. The molecule has 4 nitrogen and oxygen atoms in total. The number of rotatable bonds is 6. The van der Waals surface area contributed by atoms with Crippen molar-refractivity contribution >= 4 is 27.3 Å². The first-order chi connectivity index (χ1) is 10.1. The highest BCUT2D eigenvalue weighted by Crippen LogP contribution is 2.24. The van der Waals surface area contributed by atoms with Gasteiger partial charge in [0.15, 0.2) is 0 Å². The number of nitrogens with one attached hydrogen (secondary N) is 1. The van der Waals surface area contributed by atoms with Crippen LogP contribution in [0.5, 0.6) is 0 Å². The Balaban J connectivity index is 2.11. The van der Waals surface area contributed by atoms with Gasteiger partial charge >= 0.3 is 0 Å². The summed E-state index contributed by atoms with van der Waals surface area (Å²) in [5, 5.41) is 14.1. The number of nitrogens with zero attached hydrogens (tertiary/aromatic N) is 1. The zero-order valence-corrected chi connectivity index (χ0v) is 13.4. The SMILES string of the molecule is CCCc1ccccc1NCc1ccc([N+](=O)[O-])cc1Br. The largest absolute Gasteiger partial charge is 0.381 e. The molecule has 2 rings (SSSR count). The molecule has 5 heteroatoms. The van der Waals surface area contributed by atoms with Crippen LogP contribution in [-0.2, 0) is 13.0 Å². The summed E-state index contributed by atoms with van der Waals surface area (Å²) in [5.74, 6) is 0. The molecule has 0 aliphatic heterocycles. The molecule has 0 radical (unpaired) electrons. The number of halogens is 1. The highest BCUT2D eigenvalue weighted by molar-refractivity contribution is 9.10. The van der Waals surface area contributed by atoms with Crippen molar-refractivity contribution in [3.63, 3.8) is 0 Å². The van der Waals surface area contributed by atoms with E-state index in [0.29, 0.717) is 6.54 Å². The van der Waals surface area contributed by atoms with Crippen LogP contribution in [0.1, 0.15) is 24.5 Å². The Labute approximate surface area is 132 Å². The maximum atomic E-state index is 10.7. The molecular weight excluding hydrogens is 332 g/mol. The molecule has 0 aliphatic rings. The van der Waals surface area contributed by atoms with Gasteiger partial charge in [-0.1, -0.05) is 47.5 Å². The van der Waals surface area contributed by atoms with Crippen molar-refractivity contribution in [3.05, 3.63) is 68.2 Å². The van der Waals surface area contributed by atoms with Gasteiger partial charge in [0.25, 0.3) is 5.69 Å². The van der Waals surface area contributed by atoms with Gasteiger partial charge in [0.05, 0.1) is 4.92 Å². The lowest BCUT2D eigenvalue weighted by atomic mass is 10.1. The lowest BCUT2D eigenvalue weighted by Crippen LogP contribution is -2.03. The lowest BCUT2D eigenvalue weighted by Gasteiger charge is -2.12. The van der Waals surface area contributed by atoms with E-state index in [1.165, 1.54) is 17.7 Å². The standard InChI is InChI=1S/C16H17BrN2O2/c1-2-5-12-6-3-4-7-16(12)18-11-13-8-9-14(19(20)21)10-15(13)17/h3-4,6-10,18H,2,5,11H2,1H3. The van der Waals surface area contributed by atoms with Gasteiger partial charge in [-0.15, -0.1) is 0 Å². The molecule has 0 atom stereocenters. The summed E-state index contributed by atoms with van der Waals surface area (Å²) in [6.07, 6.45) is 2.13. The van der Waals surface area contributed by atoms with Crippen LogP contribution in [0.2, 0.25) is 0 Å². The second-order valence-corrected chi connectivity index (χ2v) is 5.65. The first kappa shape index (κ1) is 15.5. The summed E-state index contributed by atoms with van der Waals surface area (Å²) in [4.78, 5) is 10.3. The van der Waals surface area contributed by atoms with Crippen molar-refractivity contribution in [2.24, 2.45) is 0 Å². The zero-order valence-electron chi connectivity index (χ0n) is 11.8. The minimum Gasteiger partial charge on any atom is -0.381 e. The van der Waals surface area contributed by atoms with Crippen LogP contribution in [-0.4, -0.2) is 4.92 Å². The number of aryl methyl sites for hydroxylation is 1. The molecule has 0 unspecified atom stereocenters. The molecule has 110 valence electrons. The van der Waals surface area contributed by atoms with Gasteiger partial charge < -0.3 is 5.32 Å². The van der Waals surface area contributed by atoms with Crippen molar-refractivity contribution in [2.75, 3.05) is 5.32 Å². The van der Waals surface area contributed by atoms with E-state index in [0.717, 1.165) is 28.6 Å². The highest BCUT2D eigenvalue weighted by Gasteiger charge is 2.09. The molecule has 0 saturated heterocycles. The molecule has 0 heterocycles. The average Bonchev–Trinajstić information content (AvgIpc) is 2.47. The van der Waals surface area contributed by atoms with Crippen LogP contribution in [0, 0.1) is 10.1 Å². The molecule has 2 aromatic rings. The van der Waals surface area contributed by atoms with E-state index >= 15 is 0 Å². The van der Waals surface area contributed by atoms with Gasteiger partial charge in [0.1, 0.15) is 0 Å². The van der Waals surface area contributed by atoms with Crippen molar-refractivity contribution in [2.45, 2.75) is 26.3 Å². The number of hydrogen-bond acceptors (Lipinski definition) is 3. The second-order valence-electron chi connectivity index (χ2n) is 4.79. The molecule has 0 fully saturated rings. The maximum Gasteiger partial charge on any atom is 0.270 e. The van der Waals surface area contributed by atoms with E-state index in [9.17, 15) is 10.1 Å². The number of nitro benzene ring substituents is 1. The van der Waals surface area contributed by atoms with E-state index in [4.69, 9.17) is 0 Å². The van der Waals surface area contributed by atoms with Crippen LogP contribution < -0.4 is 5.32 Å². The topological polar surface area (TPSA) is 55.2 Å². The number of hydrogen-bond donors (Lipinski definition) is 1. The average molecular weight is 349 g/mol. The fourth-order valence-corrected chi connectivity index (χ4v) is 2.67. The Bertz CT molecular complexity index is 644. The van der Waals surface area contributed by atoms with Gasteiger partial charge in [0, 0.05) is 28.8 Å². The predicted octanol–water partition coefficient (Wildman–Crippen LogP) is 4.92. The number of non-ortho nitro benzene ring substituents is 1. The summed E-state index contributed by atoms with van der Waals surface area (Å²) < 4.78 is 0.747. The van der Waals surface area contributed by atoms with Crippen LogP contribution in [0.3, 0.4) is 0 Å². The quantitative estimate of drug-likeness (QED) is 0.595. The Morgan fingerprint density at radius 1 is 1.19 bits per heavy atom. The van der Waals surface area contributed by atoms with Crippen molar-refractivity contribution in [3.8, 4) is 0 Å². The molecule has 21 heavy (non-hydrogen) atoms. The van der Waals surface area contributed by atoms with E-state index in [-0.39, 0.29) is 5.69 Å². The highest BCUT2D eigenvalue weighted by atomic mass is 79.9. The monoisotopic (exact) mass is 348 g/mol. The summed E-state index contributed by atoms with van der Waals surface area (Å²) in [6.45, 7) is 2.78. The first-order valence-electron chi connectivity index (χ1n) is 6.86. The zero-order chi connectivity index (χ0) is 15.2. The fourth-order valence-electron chi connectivity index (χ4n) is 2.16. The molecule has 0 aliphatic carbocycles. The molecule has 0 aromatic heterocycles. The number of para-hydroxylation sites is 1. The summed E-state index contributed by atoms with van der Waals surface area (Å²) >= 11 is 3.39. The van der Waals surface area contributed by atoms with E-state index in [1.54, 1.807) is 6.07 Å². The van der Waals surface area contributed by atoms with Crippen LogP contribution in [0.15, 0.2) is 46.9 Å². The summed E-state index contributed by atoms with van der Waals surface area (Å²) in [6, 6.07) is 13.1.